The van der Waals surface area contributed by atoms with E-state index in [4.69, 9.17) is 20.9 Å². The van der Waals surface area contributed by atoms with Crippen molar-refractivity contribution >= 4 is 23.2 Å². The first-order valence-corrected chi connectivity index (χ1v) is 8.43. The summed E-state index contributed by atoms with van der Waals surface area (Å²) in [5.41, 5.74) is 0.528. The summed E-state index contributed by atoms with van der Waals surface area (Å²) in [6.07, 6.45) is 0. The molecule has 0 fully saturated rings. The van der Waals surface area contributed by atoms with E-state index < -0.39 is 10.8 Å². The van der Waals surface area contributed by atoms with Crippen LogP contribution in [0.5, 0.6) is 5.75 Å². The van der Waals surface area contributed by atoms with Gasteiger partial charge in [-0.25, -0.2) is 0 Å². The van der Waals surface area contributed by atoms with Crippen LogP contribution in [-0.2, 0) is 6.54 Å². The fourth-order valence-electron chi connectivity index (χ4n) is 2.45. The van der Waals surface area contributed by atoms with Gasteiger partial charge in [-0.05, 0) is 30.3 Å². The number of benzene rings is 2. The molecule has 9 nitrogen and oxygen atoms in total. The third-order valence-electron chi connectivity index (χ3n) is 3.93. The highest BCUT2D eigenvalue weighted by Gasteiger charge is 2.21. The Morgan fingerprint density at radius 2 is 2.00 bits per heavy atom. The zero-order chi connectivity index (χ0) is 20.3. The number of carbonyl (C=O) groups excluding carboxylic acids is 1. The quantitative estimate of drug-likeness (QED) is 0.457. The number of hydrogen-bond donors (Lipinski definition) is 0. The minimum absolute atomic E-state index is 0.0149. The van der Waals surface area contributed by atoms with Crippen molar-refractivity contribution in [2.24, 2.45) is 0 Å². The van der Waals surface area contributed by atoms with Crippen molar-refractivity contribution in [1.82, 2.24) is 15.0 Å². The predicted molar refractivity (Wildman–Crippen MR) is 100 cm³/mol. The summed E-state index contributed by atoms with van der Waals surface area (Å²) in [5, 5.41) is 14.9. The molecule has 0 atom stereocenters. The number of amides is 1. The van der Waals surface area contributed by atoms with Crippen molar-refractivity contribution in [3.63, 3.8) is 0 Å². The number of aromatic nitrogens is 2. The number of halogens is 1. The van der Waals surface area contributed by atoms with Gasteiger partial charge in [0.15, 0.2) is 0 Å². The number of nitro groups is 1. The maximum Gasteiger partial charge on any atom is 0.270 e. The standard InChI is InChI=1S/C18H15ClN4O5/c1-22(18(24)14-9-12(23(25)26)5-8-15(14)19)10-16-20-17(21-28-16)11-3-6-13(27-2)7-4-11/h3-9H,10H2,1-2H3. The largest absolute Gasteiger partial charge is 0.497 e. The SMILES string of the molecule is COc1ccc(-c2noc(CN(C)C(=O)c3cc([N+](=O)[O-])ccc3Cl)n2)cc1. The monoisotopic (exact) mass is 402 g/mol. The summed E-state index contributed by atoms with van der Waals surface area (Å²) < 4.78 is 10.3. The van der Waals surface area contributed by atoms with Gasteiger partial charge >= 0.3 is 0 Å². The molecule has 0 aliphatic rings. The first-order valence-electron chi connectivity index (χ1n) is 8.05. The van der Waals surface area contributed by atoms with Gasteiger partial charge < -0.3 is 14.2 Å². The molecule has 3 aromatic rings. The molecule has 2 aromatic carbocycles. The normalized spacial score (nSPS) is 10.5. The van der Waals surface area contributed by atoms with Gasteiger partial charge in [0.2, 0.25) is 11.7 Å². The summed E-state index contributed by atoms with van der Waals surface area (Å²) in [6, 6.07) is 10.8. The van der Waals surface area contributed by atoms with Gasteiger partial charge in [-0.3, -0.25) is 14.9 Å². The molecule has 28 heavy (non-hydrogen) atoms. The van der Waals surface area contributed by atoms with Crippen LogP contribution in [0, 0.1) is 10.1 Å². The van der Waals surface area contributed by atoms with Crippen molar-refractivity contribution in [3.8, 4) is 17.1 Å². The van der Waals surface area contributed by atoms with Crippen molar-refractivity contribution in [1.29, 1.82) is 0 Å². The molecule has 0 aliphatic heterocycles. The molecule has 0 bridgehead atoms. The summed E-state index contributed by atoms with van der Waals surface area (Å²) >= 11 is 6.02. The maximum absolute atomic E-state index is 12.6. The van der Waals surface area contributed by atoms with Crippen molar-refractivity contribution in [2.45, 2.75) is 6.54 Å². The molecule has 1 heterocycles. The molecular formula is C18H15ClN4O5. The van der Waals surface area contributed by atoms with Crippen LogP contribution in [0.25, 0.3) is 11.4 Å². The van der Waals surface area contributed by atoms with Gasteiger partial charge in [0.25, 0.3) is 11.6 Å². The van der Waals surface area contributed by atoms with Gasteiger partial charge in [0.05, 0.1) is 29.2 Å². The van der Waals surface area contributed by atoms with Crippen LogP contribution in [0.4, 0.5) is 5.69 Å². The fourth-order valence-corrected chi connectivity index (χ4v) is 2.65. The Bertz CT molecular complexity index is 1020. The molecule has 10 heteroatoms. The van der Waals surface area contributed by atoms with E-state index in [9.17, 15) is 14.9 Å². The number of non-ortho nitro benzene ring substituents is 1. The topological polar surface area (TPSA) is 112 Å². The Hall–Kier alpha value is -3.46. The van der Waals surface area contributed by atoms with Crippen LogP contribution in [-0.4, -0.2) is 40.0 Å². The number of carbonyl (C=O) groups is 1. The van der Waals surface area contributed by atoms with Gasteiger partial charge in [0, 0.05) is 24.7 Å². The zero-order valence-electron chi connectivity index (χ0n) is 15.0. The summed E-state index contributed by atoms with van der Waals surface area (Å²) in [6.45, 7) is 0.0149. The number of ether oxygens (including phenoxy) is 1. The summed E-state index contributed by atoms with van der Waals surface area (Å²) in [5.74, 6) is 0.777. The Morgan fingerprint density at radius 1 is 1.29 bits per heavy atom. The lowest BCUT2D eigenvalue weighted by atomic mass is 10.1. The second-order valence-electron chi connectivity index (χ2n) is 5.82. The lowest BCUT2D eigenvalue weighted by molar-refractivity contribution is -0.384. The molecule has 144 valence electrons. The highest BCUT2D eigenvalue weighted by molar-refractivity contribution is 6.33. The molecular weight excluding hydrogens is 388 g/mol. The Balaban J connectivity index is 1.75. The van der Waals surface area contributed by atoms with Gasteiger partial charge in [-0.2, -0.15) is 4.98 Å². The van der Waals surface area contributed by atoms with E-state index in [1.165, 1.54) is 24.1 Å². The van der Waals surface area contributed by atoms with E-state index in [-0.39, 0.29) is 28.7 Å². The van der Waals surface area contributed by atoms with E-state index in [2.05, 4.69) is 10.1 Å². The van der Waals surface area contributed by atoms with E-state index >= 15 is 0 Å². The Kier molecular flexibility index (Phi) is 5.55. The average Bonchev–Trinajstić information content (AvgIpc) is 3.16. The maximum atomic E-state index is 12.6. The highest BCUT2D eigenvalue weighted by Crippen LogP contribution is 2.24. The van der Waals surface area contributed by atoms with Crippen LogP contribution < -0.4 is 4.74 Å². The third-order valence-corrected chi connectivity index (χ3v) is 4.26. The van der Waals surface area contributed by atoms with Crippen molar-refractivity contribution in [2.75, 3.05) is 14.2 Å². The van der Waals surface area contributed by atoms with E-state index in [1.54, 1.807) is 31.4 Å². The molecule has 1 amide bonds. The molecule has 3 rings (SSSR count). The van der Waals surface area contributed by atoms with Crippen LogP contribution >= 0.6 is 11.6 Å². The van der Waals surface area contributed by atoms with Gasteiger partial charge in [-0.15, -0.1) is 0 Å². The third kappa shape index (κ3) is 4.09. The van der Waals surface area contributed by atoms with Gasteiger partial charge in [-0.1, -0.05) is 16.8 Å². The molecule has 0 saturated heterocycles. The van der Waals surface area contributed by atoms with Crippen LogP contribution in [0.15, 0.2) is 47.0 Å². The number of nitro benzene ring substituents is 1. The molecule has 0 saturated carbocycles. The van der Waals surface area contributed by atoms with Crippen LogP contribution in [0.1, 0.15) is 16.2 Å². The van der Waals surface area contributed by atoms with Crippen molar-refractivity contribution < 1.29 is 19.0 Å². The van der Waals surface area contributed by atoms with Crippen LogP contribution in [0.2, 0.25) is 5.02 Å². The average molecular weight is 403 g/mol. The smallest absolute Gasteiger partial charge is 0.270 e. The number of methoxy groups -OCH3 is 1. The molecule has 0 unspecified atom stereocenters. The minimum atomic E-state index is -0.591. The molecule has 0 spiro atoms. The zero-order valence-corrected chi connectivity index (χ0v) is 15.7. The minimum Gasteiger partial charge on any atom is -0.497 e. The first-order chi connectivity index (χ1) is 13.4. The second kappa shape index (κ2) is 8.05. The van der Waals surface area contributed by atoms with Crippen molar-refractivity contribution in [3.05, 3.63) is 69.1 Å². The number of rotatable bonds is 6. The molecule has 1 aromatic heterocycles. The van der Waals surface area contributed by atoms with E-state index in [0.717, 1.165) is 11.6 Å². The lowest BCUT2D eigenvalue weighted by Crippen LogP contribution is -2.26. The highest BCUT2D eigenvalue weighted by atomic mass is 35.5. The first kappa shape index (κ1) is 19.3. The molecule has 0 N–H and O–H groups in total. The predicted octanol–water partition coefficient (Wildman–Crippen LogP) is 3.58. The molecule has 0 radical (unpaired) electrons. The summed E-state index contributed by atoms with van der Waals surface area (Å²) in [4.78, 5) is 28.5. The summed E-state index contributed by atoms with van der Waals surface area (Å²) in [7, 11) is 3.08. The number of hydrogen-bond acceptors (Lipinski definition) is 7. The molecule has 0 aliphatic carbocycles. The van der Waals surface area contributed by atoms with E-state index in [0.29, 0.717) is 11.6 Å². The fraction of sp³-hybridized carbons (Fsp3) is 0.167. The Labute approximate surface area is 164 Å². The van der Waals surface area contributed by atoms with Gasteiger partial charge in [0.1, 0.15) is 5.75 Å². The second-order valence-corrected chi connectivity index (χ2v) is 6.23. The van der Waals surface area contributed by atoms with E-state index in [1.807, 2.05) is 0 Å². The van der Waals surface area contributed by atoms with Crippen LogP contribution in [0.3, 0.4) is 0 Å². The number of nitrogens with zero attached hydrogens (tertiary/aromatic N) is 4. The lowest BCUT2D eigenvalue weighted by Gasteiger charge is -2.15. The Morgan fingerprint density at radius 3 is 2.64 bits per heavy atom.